The van der Waals surface area contributed by atoms with Crippen molar-refractivity contribution in [1.29, 1.82) is 0 Å². The first-order valence-electron chi connectivity index (χ1n) is 15.4. The molecule has 0 bridgehead atoms. The first-order chi connectivity index (χ1) is 22.3. The average molecular weight is 664 g/mol. The van der Waals surface area contributed by atoms with E-state index < -0.39 is 0 Å². The van der Waals surface area contributed by atoms with E-state index in [2.05, 4.69) is 20.2 Å². The lowest BCUT2D eigenvalue weighted by Crippen LogP contribution is -2.25. The van der Waals surface area contributed by atoms with Crippen molar-refractivity contribution in [3.8, 4) is 45.4 Å². The van der Waals surface area contributed by atoms with Crippen molar-refractivity contribution in [3.05, 3.63) is 70.2 Å². The van der Waals surface area contributed by atoms with Crippen molar-refractivity contribution in [2.75, 3.05) is 27.3 Å². The quantitative estimate of drug-likeness (QED) is 0.206. The molecule has 2 aromatic carbocycles. The Balaban J connectivity index is 1.24. The molecule has 2 atom stereocenters. The van der Waals surface area contributed by atoms with Gasteiger partial charge >= 0.3 is 0 Å². The number of aliphatic hydroxyl groups is 1. The number of hydrogen-bond donors (Lipinski definition) is 2. The maximum atomic E-state index is 11.5. The molecule has 2 N–H and O–H groups in total. The summed E-state index contributed by atoms with van der Waals surface area (Å²) in [4.78, 5) is 32.5. The summed E-state index contributed by atoms with van der Waals surface area (Å²) < 4.78 is 11.2. The fraction of sp³-hybridized carbons (Fsp3) is 0.382. The van der Waals surface area contributed by atoms with E-state index in [1.54, 1.807) is 26.6 Å². The third-order valence-electron chi connectivity index (χ3n) is 8.52. The summed E-state index contributed by atoms with van der Waals surface area (Å²) in [5.74, 6) is 0.991. The molecule has 2 saturated heterocycles. The second kappa shape index (κ2) is 14.3. The van der Waals surface area contributed by atoms with Gasteiger partial charge in [-0.3, -0.25) is 19.7 Å². The largest absolute Gasteiger partial charge is 0.480 e. The molecule has 0 aliphatic carbocycles. The number of methoxy groups -OCH3 is 2. The smallest absolute Gasteiger partial charge is 0.237 e. The number of halogens is 2. The molecular weight excluding hydrogens is 627 g/mol. The number of carbonyl (C=O) groups is 1. The lowest BCUT2D eigenvalue weighted by Gasteiger charge is -2.17. The van der Waals surface area contributed by atoms with E-state index in [1.165, 1.54) is 0 Å². The van der Waals surface area contributed by atoms with Crippen LogP contribution in [-0.2, 0) is 17.8 Å². The number of aryl methyl sites for hydroxylation is 1. The third-order valence-corrected chi connectivity index (χ3v) is 9.34. The Kier molecular flexibility index (Phi) is 9.98. The van der Waals surface area contributed by atoms with Crippen LogP contribution in [0.2, 0.25) is 10.0 Å². The van der Waals surface area contributed by atoms with Crippen LogP contribution in [-0.4, -0.2) is 75.3 Å². The van der Waals surface area contributed by atoms with Crippen molar-refractivity contribution >= 4 is 29.1 Å². The molecule has 0 unspecified atom stereocenters. The van der Waals surface area contributed by atoms with E-state index >= 15 is 0 Å². The number of likely N-dealkylation sites (tertiary alicyclic amines) is 1. The van der Waals surface area contributed by atoms with Crippen LogP contribution in [0.15, 0.2) is 48.8 Å². The Hall–Kier alpha value is -3.83. The molecule has 0 spiro atoms. The summed E-state index contributed by atoms with van der Waals surface area (Å²) in [6.45, 7) is 1.94. The standard InChI is InChI=1S/C34H36Cl2N6O4/c1-45-33-26(11-3-6-20-12-13-30(44)39-20)37-16-27(40-33)24-9-4-7-22(31(24)35)23-8-5-10-25(32(23)36)28-17-38-29(34(41-28)46-2)19-42-15-14-21(43)18-42/h4-5,7-10,16-17,20-21,43H,3,6,11-15,18-19H2,1-2H3,(H,39,44)/t20-,21+/m1/s1. The number of benzene rings is 2. The Morgan fingerprint density at radius 2 is 1.48 bits per heavy atom. The van der Waals surface area contributed by atoms with Gasteiger partial charge in [0.2, 0.25) is 17.7 Å². The Morgan fingerprint density at radius 3 is 2.02 bits per heavy atom. The van der Waals surface area contributed by atoms with E-state index in [4.69, 9.17) is 42.6 Å². The highest BCUT2D eigenvalue weighted by Crippen LogP contribution is 2.42. The lowest BCUT2D eigenvalue weighted by atomic mass is 9.98. The topological polar surface area (TPSA) is 123 Å². The number of nitrogens with one attached hydrogen (secondary N) is 1. The Bertz CT molecular complexity index is 1740. The molecule has 12 heteroatoms. The Labute approximate surface area is 278 Å². The summed E-state index contributed by atoms with van der Waals surface area (Å²) >= 11 is 14.1. The second-order valence-corrected chi connectivity index (χ2v) is 12.4. The van der Waals surface area contributed by atoms with E-state index in [0.717, 1.165) is 49.0 Å². The molecule has 2 aliphatic rings. The van der Waals surface area contributed by atoms with Crippen molar-refractivity contribution in [2.24, 2.45) is 0 Å². The van der Waals surface area contributed by atoms with Crippen molar-refractivity contribution in [1.82, 2.24) is 30.2 Å². The summed E-state index contributed by atoms with van der Waals surface area (Å²) in [5, 5.41) is 13.9. The van der Waals surface area contributed by atoms with E-state index in [-0.39, 0.29) is 18.1 Å². The highest BCUT2D eigenvalue weighted by atomic mass is 35.5. The number of carbonyl (C=O) groups excluding carboxylic acids is 1. The van der Waals surface area contributed by atoms with Gasteiger partial charge in [-0.2, -0.15) is 0 Å². The maximum absolute atomic E-state index is 11.5. The third kappa shape index (κ3) is 6.95. The number of amides is 1. The zero-order valence-electron chi connectivity index (χ0n) is 25.8. The number of aliphatic hydroxyl groups excluding tert-OH is 1. The van der Waals surface area contributed by atoms with Crippen LogP contribution in [0.25, 0.3) is 33.6 Å². The molecule has 6 rings (SSSR count). The van der Waals surface area contributed by atoms with Crippen LogP contribution in [0.1, 0.15) is 43.5 Å². The minimum atomic E-state index is -0.317. The van der Waals surface area contributed by atoms with Gasteiger partial charge in [0.25, 0.3) is 0 Å². The van der Waals surface area contributed by atoms with Crippen LogP contribution < -0.4 is 14.8 Å². The molecule has 4 heterocycles. The summed E-state index contributed by atoms with van der Waals surface area (Å²) in [6.07, 6.45) is 7.75. The zero-order chi connectivity index (χ0) is 32.2. The predicted molar refractivity (Wildman–Crippen MR) is 177 cm³/mol. The van der Waals surface area contributed by atoms with Crippen molar-refractivity contribution in [3.63, 3.8) is 0 Å². The molecule has 2 aromatic heterocycles. The van der Waals surface area contributed by atoms with Crippen LogP contribution in [0.4, 0.5) is 0 Å². The molecule has 46 heavy (non-hydrogen) atoms. The normalized spacial score (nSPS) is 18.2. The molecule has 0 radical (unpaired) electrons. The molecular formula is C34H36Cl2N6O4. The van der Waals surface area contributed by atoms with Gasteiger partial charge in [0.05, 0.1) is 54.2 Å². The monoisotopic (exact) mass is 662 g/mol. The van der Waals surface area contributed by atoms with Crippen LogP contribution in [0.3, 0.4) is 0 Å². The van der Waals surface area contributed by atoms with Crippen LogP contribution in [0, 0.1) is 0 Å². The summed E-state index contributed by atoms with van der Waals surface area (Å²) in [6, 6.07) is 11.6. The molecule has 1 amide bonds. The molecule has 4 aromatic rings. The molecule has 2 aliphatic heterocycles. The van der Waals surface area contributed by atoms with Crippen LogP contribution in [0.5, 0.6) is 11.8 Å². The lowest BCUT2D eigenvalue weighted by molar-refractivity contribution is -0.119. The summed E-state index contributed by atoms with van der Waals surface area (Å²) in [7, 11) is 3.15. The highest BCUT2D eigenvalue weighted by Gasteiger charge is 2.24. The van der Waals surface area contributed by atoms with Gasteiger partial charge in [-0.05, 0) is 32.1 Å². The van der Waals surface area contributed by atoms with Gasteiger partial charge in [0.15, 0.2) is 0 Å². The highest BCUT2D eigenvalue weighted by molar-refractivity contribution is 6.39. The fourth-order valence-corrected chi connectivity index (χ4v) is 6.76. The molecule has 2 fully saturated rings. The molecule has 0 saturated carbocycles. The zero-order valence-corrected chi connectivity index (χ0v) is 27.3. The molecule has 240 valence electrons. The minimum absolute atomic E-state index is 0.123. The number of hydrogen-bond acceptors (Lipinski definition) is 9. The van der Waals surface area contributed by atoms with E-state index in [1.807, 2.05) is 36.4 Å². The maximum Gasteiger partial charge on any atom is 0.237 e. The van der Waals surface area contributed by atoms with Gasteiger partial charge < -0.3 is 19.9 Å². The second-order valence-electron chi connectivity index (χ2n) is 11.6. The molecule has 10 nitrogen and oxygen atoms in total. The number of β-amino-alcohol motifs (C(OH)–C–C–N with tert-alkyl or cyclic N) is 1. The number of aromatic nitrogens is 4. The van der Waals surface area contributed by atoms with Crippen LogP contribution >= 0.6 is 23.2 Å². The summed E-state index contributed by atoms with van der Waals surface area (Å²) in [5.41, 5.74) is 5.48. The van der Waals surface area contributed by atoms with Crippen molar-refractivity contribution in [2.45, 2.75) is 57.2 Å². The predicted octanol–water partition coefficient (Wildman–Crippen LogP) is 5.76. The average Bonchev–Trinajstić information content (AvgIpc) is 3.68. The number of nitrogens with zero attached hydrogens (tertiary/aromatic N) is 5. The SMILES string of the molecule is COc1nc(-c2cccc(-c3cccc(-c4cnc(CN5CC[C@H](O)C5)c(OC)n4)c3Cl)c2Cl)cnc1CCC[C@@H]1CCC(=O)N1. The first kappa shape index (κ1) is 32.1. The fourth-order valence-electron chi connectivity index (χ4n) is 6.11. The van der Waals surface area contributed by atoms with Gasteiger partial charge in [0, 0.05) is 54.4 Å². The minimum Gasteiger partial charge on any atom is -0.480 e. The Morgan fingerprint density at radius 1 is 0.891 bits per heavy atom. The van der Waals surface area contributed by atoms with Gasteiger partial charge in [-0.15, -0.1) is 0 Å². The number of rotatable bonds is 11. The van der Waals surface area contributed by atoms with E-state index in [0.29, 0.717) is 75.9 Å². The van der Waals surface area contributed by atoms with Gasteiger partial charge in [0.1, 0.15) is 11.4 Å². The van der Waals surface area contributed by atoms with Crippen molar-refractivity contribution < 1.29 is 19.4 Å². The van der Waals surface area contributed by atoms with Gasteiger partial charge in [-0.25, -0.2) is 9.97 Å². The van der Waals surface area contributed by atoms with Gasteiger partial charge in [-0.1, -0.05) is 59.6 Å². The number of ether oxygens (including phenoxy) is 2. The van der Waals surface area contributed by atoms with E-state index in [9.17, 15) is 9.90 Å². The first-order valence-corrected chi connectivity index (χ1v) is 16.2.